The second-order valence-electron chi connectivity index (χ2n) is 3.36. The molecule has 0 spiro atoms. The van der Waals surface area contributed by atoms with Crippen LogP contribution < -0.4 is 5.32 Å². The van der Waals surface area contributed by atoms with Gasteiger partial charge in [-0.15, -0.1) is 0 Å². The van der Waals surface area contributed by atoms with Crippen molar-refractivity contribution in [1.29, 1.82) is 0 Å². The van der Waals surface area contributed by atoms with E-state index >= 15 is 0 Å². The fraction of sp³-hybridized carbons (Fsp3) is 0.455. The number of alkyl halides is 2. The van der Waals surface area contributed by atoms with Gasteiger partial charge < -0.3 is 10.1 Å². The van der Waals surface area contributed by atoms with Crippen molar-refractivity contribution < 1.29 is 13.5 Å². The summed E-state index contributed by atoms with van der Waals surface area (Å²) in [6, 6.07) is 5.78. The topological polar surface area (TPSA) is 21.3 Å². The van der Waals surface area contributed by atoms with Crippen LogP contribution in [0.3, 0.4) is 0 Å². The summed E-state index contributed by atoms with van der Waals surface area (Å²) in [5.74, 6) is 0. The number of nitrogens with one attached hydrogen (secondary N) is 1. The summed E-state index contributed by atoms with van der Waals surface area (Å²) in [6.07, 6.45) is -2.41. The first-order valence-electron chi connectivity index (χ1n) is 4.91. The quantitative estimate of drug-likeness (QED) is 0.871. The molecule has 5 heteroatoms. The monoisotopic (exact) mass is 293 g/mol. The van der Waals surface area contributed by atoms with Crippen LogP contribution in [0.25, 0.3) is 0 Å². The molecular formula is C11H14BrF2NO. The lowest BCUT2D eigenvalue weighted by atomic mass is 10.1. The molecule has 0 heterocycles. The molecule has 0 bridgehead atoms. The molecule has 0 atom stereocenters. The molecule has 0 aliphatic heterocycles. The van der Waals surface area contributed by atoms with Crippen LogP contribution in [0.2, 0.25) is 0 Å². The van der Waals surface area contributed by atoms with Crippen molar-refractivity contribution in [1.82, 2.24) is 5.32 Å². The Balaban J connectivity index is 2.54. The number of ether oxygens (including phenoxy) is 1. The number of hydrogen-bond acceptors (Lipinski definition) is 2. The van der Waals surface area contributed by atoms with Crippen molar-refractivity contribution in [3.8, 4) is 0 Å². The molecule has 0 saturated carbocycles. The summed E-state index contributed by atoms with van der Waals surface area (Å²) >= 11 is 3.39. The van der Waals surface area contributed by atoms with Gasteiger partial charge in [-0.25, -0.2) is 8.78 Å². The van der Waals surface area contributed by atoms with Gasteiger partial charge in [-0.2, -0.15) is 0 Å². The van der Waals surface area contributed by atoms with E-state index in [4.69, 9.17) is 4.74 Å². The Kier molecular flexibility index (Phi) is 5.87. The zero-order valence-corrected chi connectivity index (χ0v) is 10.6. The zero-order valence-electron chi connectivity index (χ0n) is 8.97. The number of rotatable bonds is 6. The smallest absolute Gasteiger partial charge is 0.261 e. The van der Waals surface area contributed by atoms with Gasteiger partial charge in [0.05, 0.1) is 6.61 Å². The Morgan fingerprint density at radius 3 is 2.75 bits per heavy atom. The third kappa shape index (κ3) is 4.55. The Morgan fingerprint density at radius 1 is 1.44 bits per heavy atom. The molecule has 16 heavy (non-hydrogen) atoms. The van der Waals surface area contributed by atoms with Gasteiger partial charge in [-0.05, 0) is 24.2 Å². The molecule has 0 aromatic heterocycles. The van der Waals surface area contributed by atoms with Gasteiger partial charge in [0.25, 0.3) is 6.43 Å². The van der Waals surface area contributed by atoms with Gasteiger partial charge in [0.1, 0.15) is 6.61 Å². The van der Waals surface area contributed by atoms with Crippen molar-refractivity contribution in [2.75, 3.05) is 13.7 Å². The first-order chi connectivity index (χ1) is 7.63. The average Bonchev–Trinajstić information content (AvgIpc) is 2.21. The molecule has 0 radical (unpaired) electrons. The van der Waals surface area contributed by atoms with E-state index < -0.39 is 13.0 Å². The molecule has 1 N–H and O–H groups in total. The summed E-state index contributed by atoms with van der Waals surface area (Å²) in [4.78, 5) is 0. The SMILES string of the molecule is CNCc1ccc(COCC(F)F)c(Br)c1. The maximum absolute atomic E-state index is 11.9. The van der Waals surface area contributed by atoms with Crippen LogP contribution in [0.5, 0.6) is 0 Å². The highest BCUT2D eigenvalue weighted by molar-refractivity contribution is 9.10. The first-order valence-corrected chi connectivity index (χ1v) is 5.70. The summed E-state index contributed by atoms with van der Waals surface area (Å²) in [6.45, 7) is 0.451. The van der Waals surface area contributed by atoms with Gasteiger partial charge in [0.15, 0.2) is 0 Å². The summed E-state index contributed by atoms with van der Waals surface area (Å²) < 4.78 is 29.5. The van der Waals surface area contributed by atoms with Crippen LogP contribution in [0.15, 0.2) is 22.7 Å². The van der Waals surface area contributed by atoms with E-state index in [0.29, 0.717) is 0 Å². The highest BCUT2D eigenvalue weighted by atomic mass is 79.9. The average molecular weight is 294 g/mol. The van der Waals surface area contributed by atoms with Crippen LogP contribution in [-0.2, 0) is 17.9 Å². The van der Waals surface area contributed by atoms with Gasteiger partial charge >= 0.3 is 0 Å². The largest absolute Gasteiger partial charge is 0.371 e. The first kappa shape index (κ1) is 13.5. The molecule has 0 aliphatic carbocycles. The fourth-order valence-electron chi connectivity index (χ4n) is 1.28. The van der Waals surface area contributed by atoms with Crippen LogP contribution in [-0.4, -0.2) is 20.1 Å². The highest BCUT2D eigenvalue weighted by Crippen LogP contribution is 2.19. The van der Waals surface area contributed by atoms with Crippen molar-refractivity contribution in [2.24, 2.45) is 0 Å². The molecule has 90 valence electrons. The zero-order chi connectivity index (χ0) is 12.0. The van der Waals surface area contributed by atoms with Crippen molar-refractivity contribution in [3.63, 3.8) is 0 Å². The number of hydrogen-bond donors (Lipinski definition) is 1. The van der Waals surface area contributed by atoms with Gasteiger partial charge in [-0.3, -0.25) is 0 Å². The number of benzene rings is 1. The Morgan fingerprint density at radius 2 is 2.19 bits per heavy atom. The summed E-state index contributed by atoms with van der Waals surface area (Å²) in [7, 11) is 1.87. The lowest BCUT2D eigenvalue weighted by Gasteiger charge is -2.08. The Bertz CT molecular complexity index is 334. The molecule has 0 aliphatic rings. The van der Waals surface area contributed by atoms with E-state index in [1.807, 2.05) is 25.2 Å². The molecular weight excluding hydrogens is 280 g/mol. The maximum atomic E-state index is 11.9. The molecule has 0 fully saturated rings. The second-order valence-corrected chi connectivity index (χ2v) is 4.22. The van der Waals surface area contributed by atoms with Crippen molar-refractivity contribution in [2.45, 2.75) is 19.6 Å². The predicted molar refractivity (Wildman–Crippen MR) is 62.6 cm³/mol. The molecule has 1 aromatic carbocycles. The predicted octanol–water partition coefficient (Wildman–Crippen LogP) is 2.95. The van der Waals surface area contributed by atoms with E-state index in [0.717, 1.165) is 22.1 Å². The van der Waals surface area contributed by atoms with E-state index in [9.17, 15) is 8.78 Å². The lowest BCUT2D eigenvalue weighted by Crippen LogP contribution is -2.06. The minimum absolute atomic E-state index is 0.199. The lowest BCUT2D eigenvalue weighted by molar-refractivity contribution is 0.00970. The standard InChI is InChI=1S/C11H14BrF2NO/c1-15-5-8-2-3-9(10(12)4-8)6-16-7-11(13)14/h2-4,11,15H,5-7H2,1H3. The minimum Gasteiger partial charge on any atom is -0.371 e. The Hall–Kier alpha value is -0.520. The highest BCUT2D eigenvalue weighted by Gasteiger charge is 2.05. The number of halogens is 3. The van der Waals surface area contributed by atoms with Crippen molar-refractivity contribution in [3.05, 3.63) is 33.8 Å². The summed E-state index contributed by atoms with van der Waals surface area (Å²) in [5.41, 5.74) is 2.01. The summed E-state index contributed by atoms with van der Waals surface area (Å²) in [5, 5.41) is 3.04. The van der Waals surface area contributed by atoms with Crippen LogP contribution in [0, 0.1) is 0 Å². The van der Waals surface area contributed by atoms with Gasteiger partial charge in [0, 0.05) is 11.0 Å². The van der Waals surface area contributed by atoms with E-state index in [2.05, 4.69) is 21.2 Å². The van der Waals surface area contributed by atoms with E-state index in [-0.39, 0.29) is 6.61 Å². The van der Waals surface area contributed by atoms with Crippen LogP contribution in [0.1, 0.15) is 11.1 Å². The second kappa shape index (κ2) is 6.93. The molecule has 0 saturated heterocycles. The molecule has 2 nitrogen and oxygen atoms in total. The third-order valence-corrected chi connectivity index (χ3v) is 2.74. The molecule has 1 rings (SSSR count). The maximum Gasteiger partial charge on any atom is 0.261 e. The van der Waals surface area contributed by atoms with Gasteiger partial charge in [-0.1, -0.05) is 28.1 Å². The molecule has 0 amide bonds. The Labute approximate surface area is 102 Å². The van der Waals surface area contributed by atoms with Gasteiger partial charge in [0.2, 0.25) is 0 Å². The van der Waals surface area contributed by atoms with E-state index in [1.54, 1.807) is 0 Å². The fourth-order valence-corrected chi connectivity index (χ4v) is 1.82. The third-order valence-electron chi connectivity index (χ3n) is 2.00. The minimum atomic E-state index is -2.41. The van der Waals surface area contributed by atoms with Crippen LogP contribution in [0.4, 0.5) is 8.78 Å². The van der Waals surface area contributed by atoms with Crippen LogP contribution >= 0.6 is 15.9 Å². The van der Waals surface area contributed by atoms with Crippen molar-refractivity contribution >= 4 is 15.9 Å². The van der Waals surface area contributed by atoms with E-state index in [1.165, 1.54) is 0 Å². The molecule has 0 unspecified atom stereocenters. The normalized spacial score (nSPS) is 11.1. The molecule has 1 aromatic rings.